The van der Waals surface area contributed by atoms with Crippen molar-refractivity contribution in [3.8, 4) is 11.1 Å². The van der Waals surface area contributed by atoms with Crippen molar-refractivity contribution in [3.05, 3.63) is 236 Å². The van der Waals surface area contributed by atoms with Crippen LogP contribution in [0, 0.1) is 0 Å². The smallest absolute Gasteiger partial charge is 0.0682 e. The molecule has 4 heteroatoms. The number of hydrogen-bond acceptors (Lipinski definition) is 0. The molecule has 258 valence electrons. The highest BCUT2D eigenvalue weighted by Gasteiger charge is 2.92. The molecule has 1 heterocycles. The van der Waals surface area contributed by atoms with E-state index in [1.165, 1.54) is 16.7 Å². The van der Waals surface area contributed by atoms with Gasteiger partial charge in [0.05, 0.1) is 7.11 Å². The first-order chi connectivity index (χ1) is 26.7. The molecule has 0 spiro atoms. The lowest BCUT2D eigenvalue weighted by Gasteiger charge is -2.79. The lowest BCUT2D eigenvalue weighted by Crippen LogP contribution is -3.23. The Balaban J connectivity index is 1.54. The maximum Gasteiger partial charge on any atom is 0.121 e. The predicted octanol–water partition coefficient (Wildman–Crippen LogP) is 6.66. The summed E-state index contributed by atoms with van der Waals surface area (Å²) in [6, 6.07) is 88.9. The number of hydrogen-bond donors (Lipinski definition) is 0. The minimum Gasteiger partial charge on any atom is -0.0682 e. The van der Waals surface area contributed by atoms with E-state index in [0.29, 0.717) is 0 Å². The molecule has 1 aliphatic carbocycles. The second-order valence-electron chi connectivity index (χ2n) is 15.2. The van der Waals surface area contributed by atoms with Crippen LogP contribution in [0.1, 0.15) is 11.1 Å². The molecule has 0 bridgehead atoms. The predicted molar refractivity (Wildman–Crippen MR) is 240 cm³/mol. The van der Waals surface area contributed by atoms with Crippen LogP contribution in [0.5, 0.6) is 0 Å². The molecule has 0 radical (unpaired) electrons. The summed E-state index contributed by atoms with van der Waals surface area (Å²) in [7, 11) is -11.4. The lowest BCUT2D eigenvalue weighted by molar-refractivity contribution is 1.28. The highest BCUT2D eigenvalue weighted by atomic mass is 30.2. The van der Waals surface area contributed by atoms with Crippen molar-refractivity contribution < 1.29 is 0 Å². The summed E-state index contributed by atoms with van der Waals surface area (Å²) in [5, 5.41) is 11.3. The first-order valence-corrected chi connectivity index (χ1v) is 31.7. The third kappa shape index (κ3) is 4.11. The van der Waals surface area contributed by atoms with E-state index in [1.807, 2.05) is 0 Å². The van der Waals surface area contributed by atoms with Crippen LogP contribution in [0.3, 0.4) is 0 Å². The molecule has 8 aromatic carbocycles. The van der Waals surface area contributed by atoms with Gasteiger partial charge in [0.2, 0.25) is 0 Å². The van der Waals surface area contributed by atoms with Crippen molar-refractivity contribution in [1.29, 1.82) is 0 Å². The van der Waals surface area contributed by atoms with Crippen LogP contribution in [0.4, 0.5) is 0 Å². The minimum absolute atomic E-state index is 0.981. The molecular formula is C50H42Si4. The van der Waals surface area contributed by atoms with Gasteiger partial charge in [-0.2, -0.15) is 0 Å². The maximum absolute atomic E-state index is 2.99. The van der Waals surface area contributed by atoms with Crippen molar-refractivity contribution in [2.45, 2.75) is 13.0 Å². The van der Waals surface area contributed by atoms with Crippen molar-refractivity contribution in [2.75, 3.05) is 0 Å². The molecular weight excluding hydrogens is 713 g/mol. The van der Waals surface area contributed by atoms with Crippen molar-refractivity contribution >= 4 is 64.7 Å². The number of rotatable bonds is 7. The topological polar surface area (TPSA) is 0 Å². The Morgan fingerprint density at radius 2 is 0.630 bits per heavy atom. The van der Waals surface area contributed by atoms with Crippen molar-refractivity contribution in [3.63, 3.8) is 0 Å². The molecule has 0 atom stereocenters. The Labute approximate surface area is 322 Å². The van der Waals surface area contributed by atoms with E-state index in [9.17, 15) is 0 Å². The van der Waals surface area contributed by atoms with Crippen molar-refractivity contribution in [2.24, 2.45) is 0 Å². The van der Waals surface area contributed by atoms with Crippen LogP contribution >= 0.6 is 0 Å². The third-order valence-electron chi connectivity index (χ3n) is 13.3. The van der Waals surface area contributed by atoms with Crippen LogP contribution in [0.15, 0.2) is 224 Å². The molecule has 0 unspecified atom stereocenters. The average molecular weight is 755 g/mol. The van der Waals surface area contributed by atoms with Gasteiger partial charge in [0, 0.05) is 0 Å². The second kappa shape index (κ2) is 12.9. The first kappa shape index (κ1) is 33.2. The quantitative estimate of drug-likeness (QED) is 0.160. The van der Waals surface area contributed by atoms with Gasteiger partial charge in [-0.05, 0) is 28.7 Å². The Bertz CT molecular complexity index is 2410. The molecule has 2 aliphatic rings. The zero-order valence-electron chi connectivity index (χ0n) is 30.6. The molecule has 1 fully saturated rings. The van der Waals surface area contributed by atoms with Gasteiger partial charge < -0.3 is 0 Å². The van der Waals surface area contributed by atoms with E-state index >= 15 is 0 Å². The zero-order chi connectivity index (χ0) is 36.2. The highest BCUT2D eigenvalue weighted by Crippen LogP contribution is 2.51. The van der Waals surface area contributed by atoms with E-state index in [-0.39, 0.29) is 0 Å². The van der Waals surface area contributed by atoms with Crippen LogP contribution < -0.4 is 36.3 Å². The Kier molecular flexibility index (Phi) is 7.93. The van der Waals surface area contributed by atoms with Gasteiger partial charge in [-0.3, -0.25) is 0 Å². The summed E-state index contributed by atoms with van der Waals surface area (Å²) in [4.78, 5) is 0. The summed E-state index contributed by atoms with van der Waals surface area (Å²) < 4.78 is 0. The normalized spacial score (nSPS) is 20.3. The summed E-state index contributed by atoms with van der Waals surface area (Å²) in [5.41, 5.74) is 5.88. The van der Waals surface area contributed by atoms with Gasteiger partial charge in [-0.25, -0.2) is 0 Å². The Hall–Kier alpha value is -5.37. The molecule has 54 heavy (non-hydrogen) atoms. The van der Waals surface area contributed by atoms with E-state index in [1.54, 1.807) is 41.9 Å². The van der Waals surface area contributed by atoms with Gasteiger partial charge in [-0.1, -0.05) is 267 Å². The average Bonchev–Trinajstić information content (AvgIpc) is 3.64. The molecule has 0 N–H and O–H groups in total. The minimum atomic E-state index is -2.99. The van der Waals surface area contributed by atoms with Gasteiger partial charge in [-0.15, -0.1) is 0 Å². The summed E-state index contributed by atoms with van der Waals surface area (Å²) in [5.74, 6) is 0. The largest absolute Gasteiger partial charge is 0.121 e. The standard InChI is InChI=1S/C50H42Si4/c1-51(41-24-8-2-9-25-41)52(42-26-10-3-11-27-42,43-28-12-4-13-29-43)54(46-34-18-7-19-35-46,50-38-22-37-48-47-36-21-20-23-40(47)39-49(48)50)53(51,44-30-14-5-15-31-44)45-32-16-6-17-33-45/h2-38H,39H2,1H3. The second-order valence-corrected chi connectivity index (χ2v) is 51.5. The maximum atomic E-state index is 2.88. The van der Waals surface area contributed by atoms with E-state index in [2.05, 4.69) is 231 Å². The van der Waals surface area contributed by atoms with Crippen molar-refractivity contribution in [1.82, 2.24) is 0 Å². The Morgan fingerprint density at radius 1 is 0.296 bits per heavy atom. The van der Waals surface area contributed by atoms with Crippen LogP contribution in [0.25, 0.3) is 11.1 Å². The van der Waals surface area contributed by atoms with E-state index < -0.39 is 28.4 Å². The SMILES string of the molecule is C[Si]1(c2ccccc2)[Si](c2ccccc2)(c2ccccc2)[Si](c2ccccc2)(c2cccc3c2Cc2ccccc2-3)[Si]1(c1ccccc1)c1ccccc1. The summed E-state index contributed by atoms with van der Waals surface area (Å²) >= 11 is 0. The molecule has 0 saturated carbocycles. The first-order valence-electron chi connectivity index (χ1n) is 19.2. The van der Waals surface area contributed by atoms with E-state index in [4.69, 9.17) is 0 Å². The third-order valence-corrected chi connectivity index (χ3v) is 93.3. The number of fused-ring (bicyclic) bond motifs is 3. The Morgan fingerprint density at radius 3 is 1.06 bits per heavy atom. The molecule has 8 aromatic rings. The lowest BCUT2D eigenvalue weighted by atomic mass is 10.1. The zero-order valence-corrected chi connectivity index (χ0v) is 34.6. The fourth-order valence-corrected chi connectivity index (χ4v) is 136. The molecule has 0 nitrogen and oxygen atoms in total. The van der Waals surface area contributed by atoms with Crippen LogP contribution in [0.2, 0.25) is 6.55 Å². The van der Waals surface area contributed by atoms with Gasteiger partial charge in [0.25, 0.3) is 0 Å². The molecule has 10 rings (SSSR count). The summed E-state index contributed by atoms with van der Waals surface area (Å²) in [6.07, 6.45) is 0.981. The fourth-order valence-electron chi connectivity index (χ4n) is 11.8. The molecule has 1 aliphatic heterocycles. The monoisotopic (exact) mass is 754 g/mol. The number of benzene rings is 8. The van der Waals surface area contributed by atoms with E-state index in [0.717, 1.165) is 6.42 Å². The molecule has 1 saturated heterocycles. The van der Waals surface area contributed by atoms with Gasteiger partial charge in [0.15, 0.2) is 0 Å². The molecule has 0 aromatic heterocycles. The molecule has 0 amide bonds. The van der Waals surface area contributed by atoms with Gasteiger partial charge >= 0.3 is 0 Å². The highest BCUT2D eigenvalue weighted by molar-refractivity contribution is 8.25. The van der Waals surface area contributed by atoms with Crippen LogP contribution in [-0.4, -0.2) is 28.4 Å². The fraction of sp³-hybridized carbons (Fsp3) is 0.0400. The van der Waals surface area contributed by atoms with Gasteiger partial charge in [0.1, 0.15) is 21.3 Å². The summed E-state index contributed by atoms with van der Waals surface area (Å²) in [6.45, 7) is 2.88. The van der Waals surface area contributed by atoms with Crippen LogP contribution in [-0.2, 0) is 6.42 Å².